The third kappa shape index (κ3) is 4.06. The molecule has 0 saturated carbocycles. The number of pyridine rings is 1. The predicted molar refractivity (Wildman–Crippen MR) is 170 cm³/mol. The summed E-state index contributed by atoms with van der Waals surface area (Å²) in [5.74, 6) is 1.93. The van der Waals surface area contributed by atoms with Gasteiger partial charge in [0.15, 0.2) is 17.5 Å². The zero-order chi connectivity index (χ0) is 27.2. The molecule has 41 heavy (non-hydrogen) atoms. The molecule has 0 aliphatic carbocycles. The SMILES string of the molecule is c1ccc(-c2nc(-c3ccccc3)nc(-c3cccc4nc(-c5ccccc5)c5c6ccccc6sc5c34)n2)cc1. The molecule has 5 heteroatoms. The van der Waals surface area contributed by atoms with Crippen molar-refractivity contribution < 1.29 is 0 Å². The van der Waals surface area contributed by atoms with Crippen LogP contribution in [0.5, 0.6) is 0 Å². The number of fused-ring (bicyclic) bond motifs is 5. The Bertz CT molecular complexity index is 2130. The number of hydrogen-bond acceptors (Lipinski definition) is 5. The van der Waals surface area contributed by atoms with E-state index in [0.29, 0.717) is 17.5 Å². The Hall–Kier alpha value is -5.26. The minimum absolute atomic E-state index is 0.635. The van der Waals surface area contributed by atoms with Crippen LogP contribution in [0, 0.1) is 0 Å². The summed E-state index contributed by atoms with van der Waals surface area (Å²) in [5, 5.41) is 3.44. The monoisotopic (exact) mass is 542 g/mol. The molecule has 4 nitrogen and oxygen atoms in total. The van der Waals surface area contributed by atoms with Crippen molar-refractivity contribution in [2.24, 2.45) is 0 Å². The highest BCUT2D eigenvalue weighted by Gasteiger charge is 2.20. The summed E-state index contributed by atoms with van der Waals surface area (Å²) < 4.78 is 2.42. The minimum atomic E-state index is 0.635. The van der Waals surface area contributed by atoms with Crippen LogP contribution in [0.15, 0.2) is 133 Å². The summed E-state index contributed by atoms with van der Waals surface area (Å²) in [6.45, 7) is 0. The van der Waals surface area contributed by atoms with Crippen LogP contribution in [0.3, 0.4) is 0 Å². The smallest absolute Gasteiger partial charge is 0.164 e. The highest BCUT2D eigenvalue weighted by Crippen LogP contribution is 2.45. The van der Waals surface area contributed by atoms with E-state index in [1.807, 2.05) is 72.8 Å². The largest absolute Gasteiger partial charge is 0.247 e. The molecule has 0 radical (unpaired) electrons. The van der Waals surface area contributed by atoms with Crippen molar-refractivity contribution in [1.29, 1.82) is 0 Å². The van der Waals surface area contributed by atoms with Gasteiger partial charge < -0.3 is 0 Å². The predicted octanol–water partition coefficient (Wildman–Crippen LogP) is 9.46. The number of hydrogen-bond donors (Lipinski definition) is 0. The lowest BCUT2D eigenvalue weighted by Gasteiger charge is -2.12. The van der Waals surface area contributed by atoms with E-state index in [1.54, 1.807) is 11.3 Å². The summed E-state index contributed by atoms with van der Waals surface area (Å²) in [4.78, 5) is 20.3. The molecule has 8 rings (SSSR count). The normalized spacial score (nSPS) is 11.4. The topological polar surface area (TPSA) is 51.6 Å². The van der Waals surface area contributed by atoms with Crippen molar-refractivity contribution in [2.45, 2.75) is 0 Å². The van der Waals surface area contributed by atoms with Crippen LogP contribution in [0.4, 0.5) is 0 Å². The van der Waals surface area contributed by atoms with Crippen molar-refractivity contribution in [3.05, 3.63) is 133 Å². The van der Waals surface area contributed by atoms with E-state index >= 15 is 0 Å². The molecule has 0 atom stereocenters. The van der Waals surface area contributed by atoms with E-state index in [0.717, 1.165) is 44.2 Å². The fraction of sp³-hybridized carbons (Fsp3) is 0. The number of nitrogens with zero attached hydrogens (tertiary/aromatic N) is 4. The Morgan fingerprint density at radius 1 is 0.415 bits per heavy atom. The molecule has 0 fully saturated rings. The molecular formula is C36H22N4S. The van der Waals surface area contributed by atoms with Crippen molar-refractivity contribution in [3.8, 4) is 45.4 Å². The number of benzene rings is 5. The Morgan fingerprint density at radius 3 is 1.63 bits per heavy atom. The molecule has 8 aromatic rings. The first kappa shape index (κ1) is 23.6. The lowest BCUT2D eigenvalue weighted by molar-refractivity contribution is 1.08. The third-order valence-electron chi connectivity index (χ3n) is 7.32. The van der Waals surface area contributed by atoms with Crippen LogP contribution in [0.25, 0.3) is 76.5 Å². The van der Waals surface area contributed by atoms with Crippen LogP contribution in [-0.4, -0.2) is 19.9 Å². The molecule has 0 spiro atoms. The van der Waals surface area contributed by atoms with Crippen molar-refractivity contribution >= 4 is 42.4 Å². The maximum atomic E-state index is 5.28. The van der Waals surface area contributed by atoms with Crippen LogP contribution < -0.4 is 0 Å². The molecule has 0 saturated heterocycles. The average molecular weight is 543 g/mol. The van der Waals surface area contributed by atoms with E-state index in [4.69, 9.17) is 19.9 Å². The second-order valence-electron chi connectivity index (χ2n) is 9.87. The van der Waals surface area contributed by atoms with Gasteiger partial charge in [-0.05, 0) is 12.1 Å². The second kappa shape index (κ2) is 9.73. The minimum Gasteiger partial charge on any atom is -0.247 e. The fourth-order valence-corrected chi connectivity index (χ4v) is 6.70. The van der Waals surface area contributed by atoms with Gasteiger partial charge in [-0.15, -0.1) is 11.3 Å². The average Bonchev–Trinajstić information content (AvgIpc) is 3.45. The zero-order valence-electron chi connectivity index (χ0n) is 21.9. The molecule has 0 unspecified atom stereocenters. The number of thiophene rings is 1. The quantitative estimate of drug-likeness (QED) is 0.222. The van der Waals surface area contributed by atoms with Crippen molar-refractivity contribution in [3.63, 3.8) is 0 Å². The van der Waals surface area contributed by atoms with E-state index in [1.165, 1.54) is 14.8 Å². The molecule has 5 aromatic carbocycles. The van der Waals surface area contributed by atoms with Gasteiger partial charge in [0.1, 0.15) is 0 Å². The number of rotatable bonds is 4. The van der Waals surface area contributed by atoms with Gasteiger partial charge in [-0.2, -0.15) is 0 Å². The van der Waals surface area contributed by atoms with E-state index in [-0.39, 0.29) is 0 Å². The van der Waals surface area contributed by atoms with Gasteiger partial charge in [0.25, 0.3) is 0 Å². The van der Waals surface area contributed by atoms with E-state index < -0.39 is 0 Å². The molecule has 0 aliphatic heterocycles. The summed E-state index contributed by atoms with van der Waals surface area (Å²) in [5.41, 5.74) is 5.86. The van der Waals surface area contributed by atoms with Crippen molar-refractivity contribution in [2.75, 3.05) is 0 Å². The molecule has 0 amide bonds. The van der Waals surface area contributed by atoms with Gasteiger partial charge in [0, 0.05) is 47.8 Å². The summed E-state index contributed by atoms with van der Waals surface area (Å²) >= 11 is 1.80. The Morgan fingerprint density at radius 2 is 0.976 bits per heavy atom. The third-order valence-corrected chi connectivity index (χ3v) is 8.51. The van der Waals surface area contributed by atoms with Crippen LogP contribution in [0.2, 0.25) is 0 Å². The van der Waals surface area contributed by atoms with Gasteiger partial charge in [-0.25, -0.2) is 19.9 Å². The number of aromatic nitrogens is 4. The lowest BCUT2D eigenvalue weighted by Crippen LogP contribution is -2.01. The maximum absolute atomic E-state index is 5.28. The second-order valence-corrected chi connectivity index (χ2v) is 10.9. The zero-order valence-corrected chi connectivity index (χ0v) is 22.7. The van der Waals surface area contributed by atoms with Gasteiger partial charge >= 0.3 is 0 Å². The molecule has 0 aliphatic rings. The fourth-order valence-electron chi connectivity index (χ4n) is 5.43. The van der Waals surface area contributed by atoms with Gasteiger partial charge in [0.05, 0.1) is 11.2 Å². The van der Waals surface area contributed by atoms with Gasteiger partial charge in [-0.3, -0.25) is 0 Å². The first-order chi connectivity index (χ1) is 20.3. The maximum Gasteiger partial charge on any atom is 0.164 e. The van der Waals surface area contributed by atoms with Crippen molar-refractivity contribution in [1.82, 2.24) is 19.9 Å². The molecule has 0 N–H and O–H groups in total. The summed E-state index contributed by atoms with van der Waals surface area (Å²) in [7, 11) is 0. The van der Waals surface area contributed by atoms with E-state index in [2.05, 4.69) is 60.7 Å². The van der Waals surface area contributed by atoms with Gasteiger partial charge in [-0.1, -0.05) is 121 Å². The molecule has 3 heterocycles. The first-order valence-corrected chi connectivity index (χ1v) is 14.3. The molecule has 192 valence electrons. The Kier molecular flexibility index (Phi) is 5.61. The summed E-state index contributed by atoms with van der Waals surface area (Å²) in [6.07, 6.45) is 0. The van der Waals surface area contributed by atoms with Crippen LogP contribution >= 0.6 is 11.3 Å². The van der Waals surface area contributed by atoms with E-state index in [9.17, 15) is 0 Å². The van der Waals surface area contributed by atoms with Crippen LogP contribution in [-0.2, 0) is 0 Å². The molecule has 0 bridgehead atoms. The Labute approximate surface area is 240 Å². The van der Waals surface area contributed by atoms with Gasteiger partial charge in [0.2, 0.25) is 0 Å². The lowest BCUT2D eigenvalue weighted by atomic mass is 10.00. The highest BCUT2D eigenvalue weighted by molar-refractivity contribution is 7.26. The first-order valence-electron chi connectivity index (χ1n) is 13.5. The Balaban J connectivity index is 1.47. The highest BCUT2D eigenvalue weighted by atomic mass is 32.1. The summed E-state index contributed by atoms with van der Waals surface area (Å²) in [6, 6.07) is 45.5. The van der Waals surface area contributed by atoms with Crippen LogP contribution in [0.1, 0.15) is 0 Å². The molecule has 3 aromatic heterocycles. The molecular weight excluding hydrogens is 520 g/mol. The standard InChI is InChI=1S/C36H22N4S/c1-4-13-23(14-5-1)32-31-26-19-10-11-22-29(26)41-33(31)30-27(20-12-21-28(30)37-32)36-39-34(24-15-6-2-7-16-24)38-35(40-36)25-17-8-3-9-18-25/h1-22H.